The van der Waals surface area contributed by atoms with Gasteiger partial charge in [-0.2, -0.15) is 0 Å². The van der Waals surface area contributed by atoms with Crippen molar-refractivity contribution in [1.82, 2.24) is 9.97 Å². The van der Waals surface area contributed by atoms with Gasteiger partial charge in [0.1, 0.15) is 17.0 Å². The molecule has 16 heavy (non-hydrogen) atoms. The summed E-state index contributed by atoms with van der Waals surface area (Å²) < 4.78 is 0. The molecule has 0 spiro atoms. The standard InChI is InChI=1S/C11H12N4S/c1-7-2-4-8(5-3-7)16-11-9(12)10(13)14-6-15-11/h2-6H,12H2,1H3,(H2,13,14,15). The summed E-state index contributed by atoms with van der Waals surface area (Å²) in [4.78, 5) is 9.01. The Labute approximate surface area is 98.1 Å². The molecule has 1 aromatic heterocycles. The molecule has 2 rings (SSSR count). The summed E-state index contributed by atoms with van der Waals surface area (Å²) >= 11 is 1.48. The van der Waals surface area contributed by atoms with Gasteiger partial charge in [0, 0.05) is 4.90 Å². The Hall–Kier alpha value is -1.75. The number of nitrogens with two attached hydrogens (primary N) is 2. The second-order valence-corrected chi connectivity index (χ2v) is 4.46. The van der Waals surface area contributed by atoms with Gasteiger partial charge in [-0.3, -0.25) is 0 Å². The zero-order chi connectivity index (χ0) is 11.5. The molecule has 4 N–H and O–H groups in total. The molecule has 1 aromatic carbocycles. The van der Waals surface area contributed by atoms with Crippen LogP contribution >= 0.6 is 11.8 Å². The van der Waals surface area contributed by atoms with Gasteiger partial charge in [0.2, 0.25) is 0 Å². The molecule has 0 aliphatic carbocycles. The van der Waals surface area contributed by atoms with E-state index in [9.17, 15) is 0 Å². The first-order valence-electron chi connectivity index (χ1n) is 4.77. The molecule has 4 nitrogen and oxygen atoms in total. The van der Waals surface area contributed by atoms with Crippen molar-refractivity contribution in [3.63, 3.8) is 0 Å². The molecule has 0 radical (unpaired) electrons. The fraction of sp³-hybridized carbons (Fsp3) is 0.0909. The highest BCUT2D eigenvalue weighted by Gasteiger charge is 2.06. The number of hydrogen-bond acceptors (Lipinski definition) is 5. The van der Waals surface area contributed by atoms with Crippen molar-refractivity contribution in [1.29, 1.82) is 0 Å². The van der Waals surface area contributed by atoms with Crippen LogP contribution in [0.3, 0.4) is 0 Å². The van der Waals surface area contributed by atoms with Crippen molar-refractivity contribution in [2.45, 2.75) is 16.8 Å². The van der Waals surface area contributed by atoms with Crippen molar-refractivity contribution in [3.05, 3.63) is 36.2 Å². The van der Waals surface area contributed by atoms with Crippen molar-refractivity contribution >= 4 is 23.3 Å². The van der Waals surface area contributed by atoms with Gasteiger partial charge in [-0.15, -0.1) is 0 Å². The van der Waals surface area contributed by atoms with Crippen LogP contribution in [0.4, 0.5) is 11.5 Å². The second kappa shape index (κ2) is 4.40. The van der Waals surface area contributed by atoms with Gasteiger partial charge in [0.25, 0.3) is 0 Å². The number of rotatable bonds is 2. The largest absolute Gasteiger partial charge is 0.394 e. The minimum absolute atomic E-state index is 0.324. The number of aryl methyl sites for hydroxylation is 1. The summed E-state index contributed by atoms with van der Waals surface area (Å²) in [5.74, 6) is 0.324. The minimum atomic E-state index is 0.324. The van der Waals surface area contributed by atoms with Crippen LogP contribution in [-0.4, -0.2) is 9.97 Å². The first-order chi connectivity index (χ1) is 7.66. The highest BCUT2D eigenvalue weighted by molar-refractivity contribution is 7.99. The lowest BCUT2D eigenvalue weighted by Crippen LogP contribution is -2.00. The van der Waals surface area contributed by atoms with E-state index in [0.29, 0.717) is 16.5 Å². The highest BCUT2D eigenvalue weighted by atomic mass is 32.2. The first kappa shape index (κ1) is 10.8. The van der Waals surface area contributed by atoms with Gasteiger partial charge in [-0.05, 0) is 19.1 Å². The zero-order valence-electron chi connectivity index (χ0n) is 8.84. The van der Waals surface area contributed by atoms with Gasteiger partial charge < -0.3 is 11.5 Å². The van der Waals surface area contributed by atoms with Crippen LogP contribution in [0.1, 0.15) is 5.56 Å². The molecule has 1 heterocycles. The number of hydrogen-bond donors (Lipinski definition) is 2. The van der Waals surface area contributed by atoms with E-state index in [-0.39, 0.29) is 0 Å². The lowest BCUT2D eigenvalue weighted by atomic mass is 10.2. The van der Waals surface area contributed by atoms with E-state index >= 15 is 0 Å². The molecule has 82 valence electrons. The summed E-state index contributed by atoms with van der Waals surface area (Å²) in [5.41, 5.74) is 13.1. The monoisotopic (exact) mass is 232 g/mol. The lowest BCUT2D eigenvalue weighted by molar-refractivity contribution is 1.06. The number of nitrogens with zero attached hydrogens (tertiary/aromatic N) is 2. The predicted octanol–water partition coefficient (Wildman–Crippen LogP) is 2.10. The third kappa shape index (κ3) is 2.25. The SMILES string of the molecule is Cc1ccc(Sc2ncnc(N)c2N)cc1. The highest BCUT2D eigenvalue weighted by Crippen LogP contribution is 2.31. The van der Waals surface area contributed by atoms with E-state index in [1.54, 1.807) is 0 Å². The van der Waals surface area contributed by atoms with Crippen LogP contribution in [0.5, 0.6) is 0 Å². The van der Waals surface area contributed by atoms with E-state index in [4.69, 9.17) is 11.5 Å². The topological polar surface area (TPSA) is 77.8 Å². The Morgan fingerprint density at radius 3 is 2.44 bits per heavy atom. The molecule has 0 saturated carbocycles. The van der Waals surface area contributed by atoms with Gasteiger partial charge >= 0.3 is 0 Å². The van der Waals surface area contributed by atoms with Crippen LogP contribution in [-0.2, 0) is 0 Å². The molecule has 0 amide bonds. The minimum Gasteiger partial charge on any atom is -0.394 e. The van der Waals surface area contributed by atoms with Crippen LogP contribution in [0, 0.1) is 6.92 Å². The Balaban J connectivity index is 2.27. The van der Waals surface area contributed by atoms with Crippen LogP contribution in [0.2, 0.25) is 0 Å². The molecule has 0 aliphatic rings. The first-order valence-corrected chi connectivity index (χ1v) is 5.59. The van der Waals surface area contributed by atoms with E-state index in [2.05, 4.69) is 9.97 Å². The molecule has 0 saturated heterocycles. The van der Waals surface area contributed by atoms with E-state index in [1.165, 1.54) is 23.7 Å². The Kier molecular flexibility index (Phi) is 2.96. The quantitative estimate of drug-likeness (QED) is 0.775. The maximum atomic E-state index is 5.79. The van der Waals surface area contributed by atoms with Crippen molar-refractivity contribution in [2.75, 3.05) is 11.5 Å². The van der Waals surface area contributed by atoms with Gasteiger partial charge in [-0.1, -0.05) is 29.5 Å². The average molecular weight is 232 g/mol. The maximum absolute atomic E-state index is 5.79. The van der Waals surface area contributed by atoms with Crippen molar-refractivity contribution in [2.24, 2.45) is 0 Å². The van der Waals surface area contributed by atoms with Crippen LogP contribution in [0.15, 0.2) is 40.5 Å². The summed E-state index contributed by atoms with van der Waals surface area (Å²) in [6, 6.07) is 8.14. The third-order valence-electron chi connectivity index (χ3n) is 2.11. The van der Waals surface area contributed by atoms with Crippen molar-refractivity contribution in [3.8, 4) is 0 Å². The van der Waals surface area contributed by atoms with E-state index in [1.807, 2.05) is 31.2 Å². The van der Waals surface area contributed by atoms with Crippen LogP contribution < -0.4 is 11.5 Å². The lowest BCUT2D eigenvalue weighted by Gasteiger charge is -2.05. The van der Waals surface area contributed by atoms with Crippen molar-refractivity contribution < 1.29 is 0 Å². The fourth-order valence-corrected chi connectivity index (χ4v) is 2.00. The second-order valence-electron chi connectivity index (χ2n) is 3.39. The molecule has 0 fully saturated rings. The fourth-order valence-electron chi connectivity index (χ4n) is 1.19. The summed E-state index contributed by atoms with van der Waals surface area (Å²) in [6.45, 7) is 2.05. The van der Waals surface area contributed by atoms with Gasteiger partial charge in [0.15, 0.2) is 5.82 Å². The molecule has 0 atom stereocenters. The number of nitrogen functional groups attached to an aromatic ring is 2. The molecule has 0 aliphatic heterocycles. The zero-order valence-corrected chi connectivity index (χ0v) is 9.66. The normalized spacial score (nSPS) is 10.3. The Bertz CT molecular complexity index is 496. The molecule has 2 aromatic rings. The van der Waals surface area contributed by atoms with E-state index < -0.39 is 0 Å². The van der Waals surface area contributed by atoms with Gasteiger partial charge in [-0.25, -0.2) is 9.97 Å². The van der Waals surface area contributed by atoms with E-state index in [0.717, 1.165) is 4.90 Å². The number of anilines is 2. The Morgan fingerprint density at radius 1 is 1.06 bits per heavy atom. The third-order valence-corrected chi connectivity index (χ3v) is 3.14. The maximum Gasteiger partial charge on any atom is 0.151 e. The molecular formula is C11H12N4S. The summed E-state index contributed by atoms with van der Waals surface area (Å²) in [7, 11) is 0. The number of benzene rings is 1. The molecular weight excluding hydrogens is 220 g/mol. The van der Waals surface area contributed by atoms with Gasteiger partial charge in [0.05, 0.1) is 0 Å². The Morgan fingerprint density at radius 2 is 1.75 bits per heavy atom. The van der Waals surface area contributed by atoms with Crippen LogP contribution in [0.25, 0.3) is 0 Å². The number of aromatic nitrogens is 2. The molecule has 5 heteroatoms. The molecule has 0 bridgehead atoms. The predicted molar refractivity (Wildman–Crippen MR) is 66.2 cm³/mol. The summed E-state index contributed by atoms with van der Waals surface area (Å²) in [5, 5.41) is 0.691. The average Bonchev–Trinajstić information content (AvgIpc) is 2.28. The molecule has 0 unspecified atom stereocenters. The smallest absolute Gasteiger partial charge is 0.151 e. The summed E-state index contributed by atoms with van der Waals surface area (Å²) in [6.07, 6.45) is 1.42.